The molecule has 0 atom stereocenters. The number of aromatic carboxylic acids is 1. The number of rotatable bonds is 7. The van der Waals surface area contributed by atoms with Gasteiger partial charge in [0, 0.05) is 5.56 Å². The third kappa shape index (κ3) is 5.70. The summed E-state index contributed by atoms with van der Waals surface area (Å²) in [5, 5.41) is 9.50. The number of hydrogen-bond donors (Lipinski definition) is 2. The molecule has 3 aromatic rings. The summed E-state index contributed by atoms with van der Waals surface area (Å²) < 4.78 is 49.4. The molecule has 202 valence electrons. The molecule has 0 saturated heterocycles. The van der Waals surface area contributed by atoms with Crippen molar-refractivity contribution in [3.05, 3.63) is 77.6 Å². The minimum atomic E-state index is -4.47. The van der Waals surface area contributed by atoms with E-state index in [2.05, 4.69) is 25.5 Å². The number of carboxylic acid groups (broad SMARTS) is 1. The molecule has 4 rings (SSSR count). The summed E-state index contributed by atoms with van der Waals surface area (Å²) >= 11 is 0. The lowest BCUT2D eigenvalue weighted by atomic mass is 9.68. The van der Waals surface area contributed by atoms with Gasteiger partial charge in [-0.3, -0.25) is 4.72 Å². The molecule has 0 aliphatic heterocycles. The highest BCUT2D eigenvalue weighted by atomic mass is 32.2. The van der Waals surface area contributed by atoms with Gasteiger partial charge in [0.25, 0.3) is 10.0 Å². The number of carboxylic acids is 1. The Kier molecular flexibility index (Phi) is 7.83. The Hall–Kier alpha value is -3.39. The van der Waals surface area contributed by atoms with E-state index in [1.165, 1.54) is 55.8 Å². The van der Waals surface area contributed by atoms with Gasteiger partial charge in [-0.2, -0.15) is 0 Å². The van der Waals surface area contributed by atoms with Crippen LogP contribution in [0.4, 0.5) is 10.1 Å². The molecule has 8 heteroatoms. The first kappa shape index (κ1) is 27.6. The number of carbonyl (C=O) groups is 1. The van der Waals surface area contributed by atoms with Crippen molar-refractivity contribution >= 4 is 21.7 Å². The minimum Gasteiger partial charge on any atom is -0.495 e. The van der Waals surface area contributed by atoms with E-state index in [9.17, 15) is 18.3 Å². The zero-order valence-corrected chi connectivity index (χ0v) is 22.9. The maximum Gasteiger partial charge on any atom is 0.337 e. The predicted molar refractivity (Wildman–Crippen MR) is 147 cm³/mol. The molecule has 38 heavy (non-hydrogen) atoms. The first-order valence-electron chi connectivity index (χ1n) is 12.7. The van der Waals surface area contributed by atoms with E-state index in [4.69, 9.17) is 4.74 Å². The van der Waals surface area contributed by atoms with Gasteiger partial charge in [-0.05, 0) is 72.3 Å². The molecule has 1 aliphatic carbocycles. The van der Waals surface area contributed by atoms with E-state index in [1.54, 1.807) is 0 Å². The predicted octanol–water partition coefficient (Wildman–Crippen LogP) is 7.32. The number of para-hydroxylation sites is 1. The van der Waals surface area contributed by atoms with Gasteiger partial charge in [-0.15, -0.1) is 0 Å². The van der Waals surface area contributed by atoms with Crippen LogP contribution in [0, 0.1) is 17.2 Å². The van der Waals surface area contributed by atoms with E-state index in [0.29, 0.717) is 22.8 Å². The molecule has 0 amide bonds. The Morgan fingerprint density at radius 3 is 2.18 bits per heavy atom. The number of nitrogens with one attached hydrogen (secondary N) is 1. The quantitative estimate of drug-likeness (QED) is 0.328. The van der Waals surface area contributed by atoms with E-state index < -0.39 is 26.7 Å². The molecule has 2 N–H and O–H groups in total. The van der Waals surface area contributed by atoms with E-state index in [0.717, 1.165) is 18.9 Å². The lowest BCUT2D eigenvalue weighted by Crippen LogP contribution is -2.25. The molecule has 3 aromatic carbocycles. The number of anilines is 1. The van der Waals surface area contributed by atoms with Crippen LogP contribution < -0.4 is 9.46 Å². The smallest absolute Gasteiger partial charge is 0.337 e. The van der Waals surface area contributed by atoms with Crippen LogP contribution >= 0.6 is 0 Å². The number of benzene rings is 3. The zero-order valence-electron chi connectivity index (χ0n) is 22.1. The van der Waals surface area contributed by atoms with Crippen LogP contribution in [-0.2, 0) is 10.0 Å². The average molecular weight is 540 g/mol. The summed E-state index contributed by atoms with van der Waals surface area (Å²) in [6.45, 7) is 6.89. The normalized spacial score (nSPS) is 18.1. The van der Waals surface area contributed by atoms with Crippen molar-refractivity contribution in [1.29, 1.82) is 0 Å². The van der Waals surface area contributed by atoms with Crippen LogP contribution in [0.3, 0.4) is 0 Å². The van der Waals surface area contributed by atoms with Crippen molar-refractivity contribution in [3.8, 4) is 16.9 Å². The first-order valence-corrected chi connectivity index (χ1v) is 14.2. The molecule has 0 aromatic heterocycles. The van der Waals surface area contributed by atoms with Crippen LogP contribution in [0.25, 0.3) is 11.1 Å². The fourth-order valence-corrected chi connectivity index (χ4v) is 6.54. The molecule has 1 aliphatic rings. The van der Waals surface area contributed by atoms with Crippen molar-refractivity contribution in [2.45, 2.75) is 57.3 Å². The summed E-state index contributed by atoms with van der Waals surface area (Å²) in [6, 6.07) is 15.9. The van der Waals surface area contributed by atoms with E-state index in [1.807, 2.05) is 24.3 Å². The maximum atomic E-state index is 15.6. The fraction of sp³-hybridized carbons (Fsp3) is 0.367. The largest absolute Gasteiger partial charge is 0.495 e. The van der Waals surface area contributed by atoms with Gasteiger partial charge in [0.1, 0.15) is 16.3 Å². The molecular weight excluding hydrogens is 505 g/mol. The first-order chi connectivity index (χ1) is 17.9. The van der Waals surface area contributed by atoms with Gasteiger partial charge in [0.2, 0.25) is 0 Å². The van der Waals surface area contributed by atoms with Crippen molar-refractivity contribution in [1.82, 2.24) is 0 Å². The Labute approximate surface area is 223 Å². The third-order valence-electron chi connectivity index (χ3n) is 7.61. The molecule has 0 heterocycles. The lowest BCUT2D eigenvalue weighted by molar-refractivity contribution is 0.0697. The van der Waals surface area contributed by atoms with E-state index >= 15 is 4.39 Å². The number of halogens is 1. The van der Waals surface area contributed by atoms with Crippen molar-refractivity contribution < 1.29 is 27.4 Å². The highest BCUT2D eigenvalue weighted by Crippen LogP contribution is 2.43. The van der Waals surface area contributed by atoms with Crippen LogP contribution in [-0.4, -0.2) is 26.6 Å². The fourth-order valence-electron chi connectivity index (χ4n) is 5.34. The highest BCUT2D eigenvalue weighted by Gasteiger charge is 2.30. The SMILES string of the molecule is COc1cccc(C(=O)O)c1NS(=O)(=O)c1cccc(-c2ccc(C3CCC(C(C)(C)C)CC3)cc2)c1F. The van der Waals surface area contributed by atoms with Gasteiger partial charge in [-0.1, -0.05) is 63.2 Å². The number of sulfonamides is 1. The summed E-state index contributed by atoms with van der Waals surface area (Å²) in [6.07, 6.45) is 4.62. The van der Waals surface area contributed by atoms with Crippen LogP contribution in [0.2, 0.25) is 0 Å². The number of methoxy groups -OCH3 is 1. The van der Waals surface area contributed by atoms with Crippen molar-refractivity contribution in [2.24, 2.45) is 11.3 Å². The zero-order chi connectivity index (χ0) is 27.7. The average Bonchev–Trinajstić information content (AvgIpc) is 2.88. The van der Waals surface area contributed by atoms with Gasteiger partial charge in [-0.25, -0.2) is 17.6 Å². The Balaban J connectivity index is 1.59. The molecule has 0 unspecified atom stereocenters. The van der Waals surface area contributed by atoms with E-state index in [-0.39, 0.29) is 22.6 Å². The minimum absolute atomic E-state index is 0.0113. The number of ether oxygens (including phenoxy) is 1. The van der Waals surface area contributed by atoms with Crippen molar-refractivity contribution in [2.75, 3.05) is 11.8 Å². The summed E-state index contributed by atoms with van der Waals surface area (Å²) in [5.41, 5.74) is 1.66. The van der Waals surface area contributed by atoms with Gasteiger partial charge in [0.05, 0.1) is 12.7 Å². The molecule has 0 bridgehead atoms. The molecule has 1 saturated carbocycles. The molecule has 0 radical (unpaired) electrons. The summed E-state index contributed by atoms with van der Waals surface area (Å²) in [4.78, 5) is 11.1. The summed E-state index contributed by atoms with van der Waals surface area (Å²) in [5.74, 6) is -1.06. The standard InChI is InChI=1S/C30H34FNO5S/c1-30(2,3)22-17-15-20(16-18-22)19-11-13-21(14-12-19)23-7-6-10-26(27(23)31)38(35,36)32-28-24(29(33)34)8-5-9-25(28)37-4/h5-14,20,22,32H,15-18H2,1-4H3,(H,33,34). The Morgan fingerprint density at radius 2 is 1.61 bits per heavy atom. The molecule has 6 nitrogen and oxygen atoms in total. The second-order valence-electron chi connectivity index (χ2n) is 10.9. The highest BCUT2D eigenvalue weighted by molar-refractivity contribution is 7.92. The lowest BCUT2D eigenvalue weighted by Gasteiger charge is -2.37. The second-order valence-corrected chi connectivity index (χ2v) is 12.6. The number of hydrogen-bond acceptors (Lipinski definition) is 4. The third-order valence-corrected chi connectivity index (χ3v) is 8.98. The Morgan fingerprint density at radius 1 is 0.974 bits per heavy atom. The van der Waals surface area contributed by atoms with Crippen LogP contribution in [0.1, 0.15) is 68.3 Å². The van der Waals surface area contributed by atoms with Crippen LogP contribution in [0.15, 0.2) is 65.6 Å². The molecular formula is C30H34FNO5S. The van der Waals surface area contributed by atoms with Gasteiger partial charge in [0.15, 0.2) is 5.82 Å². The van der Waals surface area contributed by atoms with Crippen LogP contribution in [0.5, 0.6) is 5.75 Å². The maximum absolute atomic E-state index is 15.6. The molecule has 1 fully saturated rings. The topological polar surface area (TPSA) is 92.7 Å². The monoisotopic (exact) mass is 539 g/mol. The van der Waals surface area contributed by atoms with Gasteiger partial charge < -0.3 is 9.84 Å². The second kappa shape index (κ2) is 10.8. The van der Waals surface area contributed by atoms with Gasteiger partial charge >= 0.3 is 5.97 Å². The van der Waals surface area contributed by atoms with Crippen molar-refractivity contribution in [3.63, 3.8) is 0 Å². The Bertz CT molecular complexity index is 1420. The summed E-state index contributed by atoms with van der Waals surface area (Å²) in [7, 11) is -3.18. The molecule has 0 spiro atoms.